The molecule has 0 radical (unpaired) electrons. The van der Waals surface area contributed by atoms with Crippen molar-refractivity contribution in [3.05, 3.63) is 49.6 Å². The number of unbranched alkanes of at least 4 members (excludes halogenated alkanes) is 3. The van der Waals surface area contributed by atoms with Crippen molar-refractivity contribution >= 4 is 17.6 Å². The third kappa shape index (κ3) is 10.5. The SMILES string of the molecule is C=CCCCOc1ccccc1NC(=O)C(CCCCCC(=O)OC)OCC=C. The summed E-state index contributed by atoms with van der Waals surface area (Å²) in [7, 11) is 1.38. The number of anilines is 1. The van der Waals surface area contributed by atoms with Crippen molar-refractivity contribution in [3.63, 3.8) is 0 Å². The monoisotopic (exact) mass is 403 g/mol. The van der Waals surface area contributed by atoms with Gasteiger partial charge in [0.1, 0.15) is 11.9 Å². The predicted octanol–water partition coefficient (Wildman–Crippen LogP) is 4.66. The van der Waals surface area contributed by atoms with Crippen molar-refractivity contribution < 1.29 is 23.8 Å². The van der Waals surface area contributed by atoms with Crippen molar-refractivity contribution in [1.29, 1.82) is 0 Å². The van der Waals surface area contributed by atoms with Crippen molar-refractivity contribution in [2.24, 2.45) is 0 Å². The molecule has 0 aliphatic heterocycles. The van der Waals surface area contributed by atoms with E-state index >= 15 is 0 Å². The number of hydrogen-bond acceptors (Lipinski definition) is 5. The van der Waals surface area contributed by atoms with Crippen LogP contribution in [0.25, 0.3) is 0 Å². The van der Waals surface area contributed by atoms with Gasteiger partial charge in [0.2, 0.25) is 0 Å². The first kappa shape index (κ1) is 24.4. The van der Waals surface area contributed by atoms with E-state index in [2.05, 4.69) is 23.2 Å². The van der Waals surface area contributed by atoms with Crippen LogP contribution in [0, 0.1) is 0 Å². The fourth-order valence-electron chi connectivity index (χ4n) is 2.67. The molecule has 1 aromatic rings. The van der Waals surface area contributed by atoms with Gasteiger partial charge in [-0.15, -0.1) is 13.2 Å². The second-order valence-electron chi connectivity index (χ2n) is 6.55. The number of esters is 1. The largest absolute Gasteiger partial charge is 0.491 e. The van der Waals surface area contributed by atoms with Gasteiger partial charge in [0.25, 0.3) is 5.91 Å². The van der Waals surface area contributed by atoms with Crippen LogP contribution in [-0.2, 0) is 19.1 Å². The van der Waals surface area contributed by atoms with Crippen LogP contribution in [0.1, 0.15) is 44.9 Å². The molecule has 1 aromatic carbocycles. The highest BCUT2D eigenvalue weighted by Crippen LogP contribution is 2.25. The van der Waals surface area contributed by atoms with E-state index in [1.165, 1.54) is 7.11 Å². The van der Waals surface area contributed by atoms with E-state index < -0.39 is 6.10 Å². The van der Waals surface area contributed by atoms with Gasteiger partial charge in [-0.05, 0) is 37.8 Å². The molecule has 1 atom stereocenters. The van der Waals surface area contributed by atoms with Crippen LogP contribution >= 0.6 is 0 Å². The van der Waals surface area contributed by atoms with Gasteiger partial charge in [-0.3, -0.25) is 9.59 Å². The number of ether oxygens (including phenoxy) is 3. The number of allylic oxidation sites excluding steroid dienone is 1. The highest BCUT2D eigenvalue weighted by atomic mass is 16.5. The Morgan fingerprint density at radius 2 is 1.90 bits per heavy atom. The Labute approximate surface area is 173 Å². The number of amides is 1. The molecule has 0 aliphatic carbocycles. The second kappa shape index (κ2) is 15.3. The first-order valence-electron chi connectivity index (χ1n) is 10.0. The minimum Gasteiger partial charge on any atom is -0.491 e. The Kier molecular flexibility index (Phi) is 12.9. The fraction of sp³-hybridized carbons (Fsp3) is 0.478. The summed E-state index contributed by atoms with van der Waals surface area (Å²) in [4.78, 5) is 23.9. The zero-order valence-electron chi connectivity index (χ0n) is 17.4. The van der Waals surface area contributed by atoms with Crippen LogP contribution in [0.3, 0.4) is 0 Å². The quantitative estimate of drug-likeness (QED) is 0.247. The normalized spacial score (nSPS) is 11.3. The maximum Gasteiger partial charge on any atom is 0.305 e. The fourth-order valence-corrected chi connectivity index (χ4v) is 2.67. The maximum atomic E-state index is 12.8. The van der Waals surface area contributed by atoms with E-state index in [9.17, 15) is 9.59 Å². The third-order valence-corrected chi connectivity index (χ3v) is 4.24. The summed E-state index contributed by atoms with van der Waals surface area (Å²) in [5.74, 6) is 0.194. The van der Waals surface area contributed by atoms with Gasteiger partial charge in [-0.1, -0.05) is 37.1 Å². The van der Waals surface area contributed by atoms with Crippen LogP contribution in [0.5, 0.6) is 5.75 Å². The summed E-state index contributed by atoms with van der Waals surface area (Å²) in [6.45, 7) is 8.18. The summed E-state index contributed by atoms with van der Waals surface area (Å²) in [6.07, 6.45) is 7.87. The molecule has 1 amide bonds. The summed E-state index contributed by atoms with van der Waals surface area (Å²) in [5.41, 5.74) is 0.619. The first-order chi connectivity index (χ1) is 14.1. The molecule has 6 heteroatoms. The zero-order valence-corrected chi connectivity index (χ0v) is 17.4. The van der Waals surface area contributed by atoms with E-state index in [0.29, 0.717) is 37.5 Å². The number of methoxy groups -OCH3 is 1. The Bertz CT molecular complexity index is 644. The number of rotatable bonds is 16. The van der Waals surface area contributed by atoms with Gasteiger partial charge in [0, 0.05) is 6.42 Å². The van der Waals surface area contributed by atoms with Gasteiger partial charge in [0.15, 0.2) is 0 Å². The molecular weight excluding hydrogens is 370 g/mol. The number of hydrogen-bond donors (Lipinski definition) is 1. The average Bonchev–Trinajstić information content (AvgIpc) is 2.73. The molecular formula is C23H33NO5. The molecule has 0 heterocycles. The van der Waals surface area contributed by atoms with Gasteiger partial charge in [-0.2, -0.15) is 0 Å². The van der Waals surface area contributed by atoms with Crippen molar-refractivity contribution in [2.75, 3.05) is 25.6 Å². The minimum absolute atomic E-state index is 0.216. The Morgan fingerprint density at radius 3 is 2.62 bits per heavy atom. The van der Waals surface area contributed by atoms with Crippen molar-refractivity contribution in [1.82, 2.24) is 0 Å². The number of carbonyl (C=O) groups is 2. The van der Waals surface area contributed by atoms with Crippen molar-refractivity contribution in [3.8, 4) is 5.75 Å². The molecule has 29 heavy (non-hydrogen) atoms. The maximum absolute atomic E-state index is 12.8. The van der Waals surface area contributed by atoms with Gasteiger partial charge in [0.05, 0.1) is 26.0 Å². The Morgan fingerprint density at radius 1 is 1.10 bits per heavy atom. The molecule has 0 aromatic heterocycles. The number of para-hydroxylation sites is 2. The van der Waals surface area contributed by atoms with Gasteiger partial charge >= 0.3 is 5.97 Å². The van der Waals surface area contributed by atoms with Crippen molar-refractivity contribution in [2.45, 2.75) is 51.0 Å². The third-order valence-electron chi connectivity index (χ3n) is 4.24. The summed E-state index contributed by atoms with van der Waals surface area (Å²) >= 11 is 0. The topological polar surface area (TPSA) is 73.9 Å². The minimum atomic E-state index is -0.597. The van der Waals surface area contributed by atoms with E-state index in [1.54, 1.807) is 6.08 Å². The molecule has 0 fully saturated rings. The second-order valence-corrected chi connectivity index (χ2v) is 6.55. The van der Waals surface area contributed by atoms with E-state index in [1.807, 2.05) is 30.3 Å². The lowest BCUT2D eigenvalue weighted by molar-refractivity contribution is -0.140. The van der Waals surface area contributed by atoms with Crippen LogP contribution in [0.4, 0.5) is 5.69 Å². The average molecular weight is 404 g/mol. The van der Waals surface area contributed by atoms with E-state index in [4.69, 9.17) is 9.47 Å². The van der Waals surface area contributed by atoms with Gasteiger partial charge in [-0.25, -0.2) is 0 Å². The van der Waals surface area contributed by atoms with Crippen LogP contribution in [0.15, 0.2) is 49.6 Å². The predicted molar refractivity (Wildman–Crippen MR) is 115 cm³/mol. The number of carbonyl (C=O) groups excluding carboxylic acids is 2. The molecule has 0 spiro atoms. The molecule has 1 rings (SSSR count). The molecule has 0 aliphatic rings. The molecule has 1 unspecified atom stereocenters. The van der Waals surface area contributed by atoms with Crippen LogP contribution in [-0.4, -0.2) is 38.3 Å². The highest BCUT2D eigenvalue weighted by molar-refractivity contribution is 5.95. The number of benzene rings is 1. The lowest BCUT2D eigenvalue weighted by atomic mass is 10.1. The molecule has 6 nitrogen and oxygen atoms in total. The molecule has 0 bridgehead atoms. The molecule has 160 valence electrons. The Hall–Kier alpha value is -2.60. The lowest BCUT2D eigenvalue weighted by Crippen LogP contribution is -2.31. The summed E-state index contributed by atoms with van der Waals surface area (Å²) < 4.78 is 16.1. The summed E-state index contributed by atoms with van der Waals surface area (Å²) in [5, 5.41) is 2.91. The molecule has 0 saturated heterocycles. The standard InChI is InChI=1S/C23H33NO5/c1-4-6-12-18-29-20-14-11-10-13-19(20)24-23(26)21(28-17-5-2)15-8-7-9-16-22(25)27-3/h4-5,10-11,13-14,21H,1-2,6-9,12,15-18H2,3H3,(H,24,26). The van der Waals surface area contributed by atoms with Gasteiger partial charge < -0.3 is 19.5 Å². The van der Waals surface area contributed by atoms with Crippen LogP contribution in [0.2, 0.25) is 0 Å². The smallest absolute Gasteiger partial charge is 0.305 e. The molecule has 1 N–H and O–H groups in total. The van der Waals surface area contributed by atoms with E-state index in [0.717, 1.165) is 32.1 Å². The first-order valence-corrected chi connectivity index (χ1v) is 10.0. The molecule has 0 saturated carbocycles. The zero-order chi connectivity index (χ0) is 21.3. The highest BCUT2D eigenvalue weighted by Gasteiger charge is 2.20. The number of nitrogens with one attached hydrogen (secondary N) is 1. The van der Waals surface area contributed by atoms with Crippen LogP contribution < -0.4 is 10.1 Å². The summed E-state index contributed by atoms with van der Waals surface area (Å²) in [6, 6.07) is 7.35. The van der Waals surface area contributed by atoms with E-state index in [-0.39, 0.29) is 11.9 Å². The Balaban J connectivity index is 2.59. The lowest BCUT2D eigenvalue weighted by Gasteiger charge is -2.18.